The molecule has 2 fully saturated rings. The average Bonchev–Trinajstić information content (AvgIpc) is 2.56. The fraction of sp³-hybridized carbons (Fsp3) is 1.00. The van der Waals surface area contributed by atoms with E-state index in [-0.39, 0.29) is 12.4 Å². The molecule has 0 aromatic rings. The van der Waals surface area contributed by atoms with Gasteiger partial charge in [-0.25, -0.2) is 0 Å². The monoisotopic (exact) mass is 246 g/mol. The lowest BCUT2D eigenvalue weighted by Gasteiger charge is -2.41. The standard InChI is InChI=1S/C13H26N2.ClH/c1-12(2,3)11-15-8-5-13(6-9-15)4-7-14-10-13;/h14H,4-11H2,1-3H3;1H. The molecule has 0 atom stereocenters. The molecule has 0 amide bonds. The maximum atomic E-state index is 3.53. The molecule has 0 saturated carbocycles. The van der Waals surface area contributed by atoms with Crippen molar-refractivity contribution in [1.82, 2.24) is 10.2 Å². The first-order valence-corrected chi connectivity index (χ1v) is 6.42. The SMILES string of the molecule is CC(C)(C)CN1CCC2(CCNC2)CC1.Cl. The van der Waals surface area contributed by atoms with Crippen molar-refractivity contribution < 1.29 is 0 Å². The Balaban J connectivity index is 0.00000128. The molecule has 3 heteroatoms. The van der Waals surface area contributed by atoms with Crippen LogP contribution in [-0.2, 0) is 0 Å². The highest BCUT2D eigenvalue weighted by atomic mass is 35.5. The topological polar surface area (TPSA) is 15.3 Å². The van der Waals surface area contributed by atoms with E-state index >= 15 is 0 Å². The summed E-state index contributed by atoms with van der Waals surface area (Å²) in [7, 11) is 0. The Labute approximate surface area is 107 Å². The highest BCUT2D eigenvalue weighted by Gasteiger charge is 2.37. The van der Waals surface area contributed by atoms with Gasteiger partial charge in [0.15, 0.2) is 0 Å². The van der Waals surface area contributed by atoms with Crippen LogP contribution in [0.5, 0.6) is 0 Å². The molecule has 2 heterocycles. The van der Waals surface area contributed by atoms with Crippen LogP contribution in [-0.4, -0.2) is 37.6 Å². The van der Waals surface area contributed by atoms with Gasteiger partial charge in [-0.05, 0) is 49.7 Å². The van der Waals surface area contributed by atoms with E-state index in [1.165, 1.54) is 52.0 Å². The van der Waals surface area contributed by atoms with Crippen molar-refractivity contribution in [2.45, 2.75) is 40.0 Å². The molecule has 2 saturated heterocycles. The second kappa shape index (κ2) is 5.24. The fourth-order valence-electron chi connectivity index (χ4n) is 3.08. The molecular weight excluding hydrogens is 220 g/mol. The first-order chi connectivity index (χ1) is 6.99. The largest absolute Gasteiger partial charge is 0.316 e. The van der Waals surface area contributed by atoms with E-state index in [0.29, 0.717) is 10.8 Å². The van der Waals surface area contributed by atoms with Crippen LogP contribution in [0.15, 0.2) is 0 Å². The summed E-state index contributed by atoms with van der Waals surface area (Å²) in [5.41, 5.74) is 1.13. The third kappa shape index (κ3) is 3.61. The van der Waals surface area contributed by atoms with E-state index in [9.17, 15) is 0 Å². The van der Waals surface area contributed by atoms with Gasteiger partial charge in [-0.2, -0.15) is 0 Å². The Morgan fingerprint density at radius 3 is 2.19 bits per heavy atom. The van der Waals surface area contributed by atoms with Crippen molar-refractivity contribution >= 4 is 12.4 Å². The van der Waals surface area contributed by atoms with E-state index in [1.807, 2.05) is 0 Å². The lowest BCUT2D eigenvalue weighted by molar-refractivity contribution is 0.0908. The lowest BCUT2D eigenvalue weighted by atomic mass is 9.77. The van der Waals surface area contributed by atoms with Crippen LogP contribution >= 0.6 is 12.4 Å². The van der Waals surface area contributed by atoms with E-state index in [1.54, 1.807) is 0 Å². The predicted molar refractivity (Wildman–Crippen MR) is 72.3 cm³/mol. The smallest absolute Gasteiger partial charge is 0.00300 e. The van der Waals surface area contributed by atoms with Crippen LogP contribution in [0, 0.1) is 10.8 Å². The summed E-state index contributed by atoms with van der Waals surface area (Å²) in [4.78, 5) is 2.66. The zero-order valence-corrected chi connectivity index (χ0v) is 11.8. The van der Waals surface area contributed by atoms with Crippen LogP contribution in [0.1, 0.15) is 40.0 Å². The molecule has 96 valence electrons. The van der Waals surface area contributed by atoms with Crippen molar-refractivity contribution in [2.75, 3.05) is 32.7 Å². The first kappa shape index (κ1) is 14.3. The summed E-state index contributed by atoms with van der Waals surface area (Å²) in [6.07, 6.45) is 4.24. The molecule has 16 heavy (non-hydrogen) atoms. The number of nitrogens with one attached hydrogen (secondary N) is 1. The number of hydrogen-bond acceptors (Lipinski definition) is 2. The number of piperidine rings is 1. The van der Waals surface area contributed by atoms with Crippen molar-refractivity contribution in [3.05, 3.63) is 0 Å². The zero-order valence-electron chi connectivity index (χ0n) is 11.0. The van der Waals surface area contributed by atoms with Gasteiger partial charge in [0.05, 0.1) is 0 Å². The highest BCUT2D eigenvalue weighted by Crippen LogP contribution is 2.37. The van der Waals surface area contributed by atoms with Gasteiger partial charge in [0.2, 0.25) is 0 Å². The Kier molecular flexibility index (Phi) is 4.67. The van der Waals surface area contributed by atoms with Crippen LogP contribution in [0.25, 0.3) is 0 Å². The van der Waals surface area contributed by atoms with Crippen LogP contribution in [0.4, 0.5) is 0 Å². The molecule has 0 aliphatic carbocycles. The molecule has 1 N–H and O–H groups in total. The third-order valence-electron chi connectivity index (χ3n) is 3.95. The van der Waals surface area contributed by atoms with Crippen molar-refractivity contribution in [1.29, 1.82) is 0 Å². The van der Waals surface area contributed by atoms with Crippen molar-refractivity contribution in [3.63, 3.8) is 0 Å². The van der Waals surface area contributed by atoms with E-state index in [2.05, 4.69) is 31.0 Å². The molecule has 0 bridgehead atoms. The molecule has 0 unspecified atom stereocenters. The van der Waals surface area contributed by atoms with Crippen LogP contribution < -0.4 is 5.32 Å². The van der Waals surface area contributed by atoms with Crippen molar-refractivity contribution in [2.24, 2.45) is 10.8 Å². The zero-order chi connectivity index (χ0) is 10.9. The van der Waals surface area contributed by atoms with Crippen molar-refractivity contribution in [3.8, 4) is 0 Å². The van der Waals surface area contributed by atoms with Gasteiger partial charge in [-0.1, -0.05) is 20.8 Å². The average molecular weight is 247 g/mol. The quantitative estimate of drug-likeness (QED) is 0.765. The van der Waals surface area contributed by atoms with Gasteiger partial charge in [0, 0.05) is 13.1 Å². The molecule has 1 spiro atoms. The maximum Gasteiger partial charge on any atom is 0.00300 e. The minimum Gasteiger partial charge on any atom is -0.316 e. The molecule has 2 nitrogen and oxygen atoms in total. The van der Waals surface area contributed by atoms with Gasteiger partial charge in [-0.3, -0.25) is 0 Å². The summed E-state index contributed by atoms with van der Waals surface area (Å²) in [6.45, 7) is 13.4. The number of hydrogen-bond donors (Lipinski definition) is 1. The number of nitrogens with zero attached hydrogens (tertiary/aromatic N) is 1. The Bertz CT molecular complexity index is 206. The molecule has 2 aliphatic rings. The van der Waals surface area contributed by atoms with E-state index < -0.39 is 0 Å². The lowest BCUT2D eigenvalue weighted by Crippen LogP contribution is -2.44. The molecule has 0 radical (unpaired) electrons. The molecule has 0 aromatic heterocycles. The number of likely N-dealkylation sites (tertiary alicyclic amines) is 1. The minimum absolute atomic E-state index is 0. The first-order valence-electron chi connectivity index (χ1n) is 6.42. The van der Waals surface area contributed by atoms with Gasteiger partial charge in [0.25, 0.3) is 0 Å². The molecule has 2 rings (SSSR count). The summed E-state index contributed by atoms with van der Waals surface area (Å²) >= 11 is 0. The maximum absolute atomic E-state index is 3.53. The predicted octanol–water partition coefficient (Wildman–Crippen LogP) is 2.53. The van der Waals surface area contributed by atoms with Gasteiger partial charge in [0.1, 0.15) is 0 Å². The Morgan fingerprint density at radius 2 is 1.75 bits per heavy atom. The molecule has 2 aliphatic heterocycles. The highest BCUT2D eigenvalue weighted by molar-refractivity contribution is 5.85. The number of rotatable bonds is 1. The fourth-order valence-corrected chi connectivity index (χ4v) is 3.08. The van der Waals surface area contributed by atoms with Crippen LogP contribution in [0.3, 0.4) is 0 Å². The summed E-state index contributed by atoms with van der Waals surface area (Å²) in [6, 6.07) is 0. The summed E-state index contributed by atoms with van der Waals surface area (Å²) in [5, 5.41) is 3.53. The third-order valence-corrected chi connectivity index (χ3v) is 3.95. The van der Waals surface area contributed by atoms with E-state index in [4.69, 9.17) is 0 Å². The van der Waals surface area contributed by atoms with E-state index in [0.717, 1.165) is 0 Å². The minimum atomic E-state index is 0. The normalized spacial score (nSPS) is 25.7. The summed E-state index contributed by atoms with van der Waals surface area (Å²) in [5.74, 6) is 0. The second-order valence-corrected chi connectivity index (χ2v) is 6.76. The summed E-state index contributed by atoms with van der Waals surface area (Å²) < 4.78 is 0. The second-order valence-electron chi connectivity index (χ2n) is 6.76. The molecule has 0 aromatic carbocycles. The van der Waals surface area contributed by atoms with Crippen LogP contribution in [0.2, 0.25) is 0 Å². The Morgan fingerprint density at radius 1 is 1.12 bits per heavy atom. The Hall–Kier alpha value is 0.210. The van der Waals surface area contributed by atoms with Gasteiger partial charge >= 0.3 is 0 Å². The molecular formula is C13H27ClN2. The van der Waals surface area contributed by atoms with Gasteiger partial charge < -0.3 is 10.2 Å². The number of halogens is 1. The van der Waals surface area contributed by atoms with Gasteiger partial charge in [-0.15, -0.1) is 12.4 Å².